The van der Waals surface area contributed by atoms with Crippen LogP contribution < -0.4 is 10.6 Å². The van der Waals surface area contributed by atoms with Gasteiger partial charge in [0.2, 0.25) is 0 Å². The Morgan fingerprint density at radius 3 is 2.55 bits per heavy atom. The molecule has 0 bridgehead atoms. The van der Waals surface area contributed by atoms with Gasteiger partial charge in [-0.2, -0.15) is 0 Å². The van der Waals surface area contributed by atoms with Crippen molar-refractivity contribution in [1.82, 2.24) is 9.97 Å². The molecular formula is C14H16BrFN4. The molecule has 2 N–H and O–H groups in total. The van der Waals surface area contributed by atoms with Gasteiger partial charge >= 0.3 is 0 Å². The van der Waals surface area contributed by atoms with Gasteiger partial charge in [-0.1, -0.05) is 6.92 Å². The molecule has 0 amide bonds. The highest BCUT2D eigenvalue weighted by atomic mass is 79.9. The zero-order valence-corrected chi connectivity index (χ0v) is 13.2. The van der Waals surface area contributed by atoms with Gasteiger partial charge < -0.3 is 10.6 Å². The summed E-state index contributed by atoms with van der Waals surface area (Å²) in [5.41, 5.74) is 1.62. The average Bonchev–Trinajstić information content (AvgIpc) is 2.44. The SMILES string of the molecule is CCc1nc(NC)cc(Nc2cc(Br)c(F)cc2C)n1. The zero-order chi connectivity index (χ0) is 14.7. The molecule has 0 unspecified atom stereocenters. The topological polar surface area (TPSA) is 49.8 Å². The predicted octanol–water partition coefficient (Wildman–Crippen LogP) is 4.03. The van der Waals surface area contributed by atoms with E-state index >= 15 is 0 Å². The Hall–Kier alpha value is -1.69. The van der Waals surface area contributed by atoms with Crippen LogP contribution in [0.3, 0.4) is 0 Å². The summed E-state index contributed by atoms with van der Waals surface area (Å²) in [7, 11) is 1.81. The van der Waals surface area contributed by atoms with Crippen LogP contribution >= 0.6 is 15.9 Å². The molecule has 2 rings (SSSR count). The van der Waals surface area contributed by atoms with Gasteiger partial charge in [-0.3, -0.25) is 0 Å². The lowest BCUT2D eigenvalue weighted by atomic mass is 10.2. The van der Waals surface area contributed by atoms with Crippen molar-refractivity contribution in [2.75, 3.05) is 17.7 Å². The number of nitrogens with zero attached hydrogens (tertiary/aromatic N) is 2. The molecule has 1 aromatic heterocycles. The van der Waals surface area contributed by atoms with Crippen LogP contribution in [0.15, 0.2) is 22.7 Å². The first-order valence-electron chi connectivity index (χ1n) is 6.32. The highest BCUT2D eigenvalue weighted by Gasteiger charge is 2.08. The maximum atomic E-state index is 13.4. The summed E-state index contributed by atoms with van der Waals surface area (Å²) in [5.74, 6) is 1.90. The van der Waals surface area contributed by atoms with E-state index in [0.29, 0.717) is 10.3 Å². The molecule has 20 heavy (non-hydrogen) atoms. The van der Waals surface area contributed by atoms with Gasteiger partial charge in [0.15, 0.2) is 0 Å². The van der Waals surface area contributed by atoms with Crippen LogP contribution in [0.25, 0.3) is 0 Å². The molecule has 6 heteroatoms. The van der Waals surface area contributed by atoms with E-state index in [9.17, 15) is 4.39 Å². The molecule has 1 aromatic carbocycles. The maximum Gasteiger partial charge on any atom is 0.137 e. The summed E-state index contributed by atoms with van der Waals surface area (Å²) in [6.07, 6.45) is 0.746. The minimum absolute atomic E-state index is 0.277. The summed E-state index contributed by atoms with van der Waals surface area (Å²) in [5, 5.41) is 6.20. The summed E-state index contributed by atoms with van der Waals surface area (Å²) in [6, 6.07) is 5.00. The Bertz CT molecular complexity index is 609. The molecule has 0 spiro atoms. The first-order valence-corrected chi connectivity index (χ1v) is 7.11. The van der Waals surface area contributed by atoms with E-state index in [2.05, 4.69) is 36.5 Å². The van der Waals surface area contributed by atoms with E-state index in [1.807, 2.05) is 27.0 Å². The number of hydrogen-bond donors (Lipinski definition) is 2. The van der Waals surface area contributed by atoms with Gasteiger partial charge in [-0.25, -0.2) is 14.4 Å². The van der Waals surface area contributed by atoms with Crippen molar-refractivity contribution in [3.63, 3.8) is 0 Å². The molecule has 0 atom stereocenters. The van der Waals surface area contributed by atoms with Crippen molar-refractivity contribution in [2.24, 2.45) is 0 Å². The number of anilines is 3. The van der Waals surface area contributed by atoms with Crippen molar-refractivity contribution in [2.45, 2.75) is 20.3 Å². The number of rotatable bonds is 4. The quantitative estimate of drug-likeness (QED) is 0.883. The minimum Gasteiger partial charge on any atom is -0.373 e. The normalized spacial score (nSPS) is 10.4. The molecule has 0 aliphatic rings. The van der Waals surface area contributed by atoms with E-state index in [1.54, 1.807) is 6.07 Å². The Morgan fingerprint density at radius 1 is 1.20 bits per heavy atom. The smallest absolute Gasteiger partial charge is 0.137 e. The number of halogens is 2. The van der Waals surface area contributed by atoms with Crippen LogP contribution in [0, 0.1) is 12.7 Å². The monoisotopic (exact) mass is 338 g/mol. The fraction of sp³-hybridized carbons (Fsp3) is 0.286. The largest absolute Gasteiger partial charge is 0.373 e. The molecule has 1 heterocycles. The third-order valence-electron chi connectivity index (χ3n) is 2.87. The van der Waals surface area contributed by atoms with E-state index in [1.165, 1.54) is 6.07 Å². The Balaban J connectivity index is 2.36. The Morgan fingerprint density at radius 2 is 1.90 bits per heavy atom. The number of aryl methyl sites for hydroxylation is 2. The Kier molecular flexibility index (Phi) is 4.54. The van der Waals surface area contributed by atoms with Gasteiger partial charge in [-0.05, 0) is 40.5 Å². The van der Waals surface area contributed by atoms with Crippen LogP contribution in [-0.2, 0) is 6.42 Å². The van der Waals surface area contributed by atoms with Crippen molar-refractivity contribution < 1.29 is 4.39 Å². The standard InChI is InChI=1S/C14H16BrFN4/c1-4-12-19-13(17-3)7-14(20-12)18-11-6-9(15)10(16)5-8(11)2/h5-7H,4H2,1-3H3,(H2,17,18,19,20). The van der Waals surface area contributed by atoms with E-state index < -0.39 is 0 Å². The lowest BCUT2D eigenvalue weighted by molar-refractivity contribution is 0.620. The molecule has 0 saturated carbocycles. The van der Waals surface area contributed by atoms with Crippen LogP contribution in [0.2, 0.25) is 0 Å². The molecule has 106 valence electrons. The van der Waals surface area contributed by atoms with Gasteiger partial charge in [0.25, 0.3) is 0 Å². The van der Waals surface area contributed by atoms with Gasteiger partial charge in [0.05, 0.1) is 4.47 Å². The molecule has 0 fully saturated rings. The summed E-state index contributed by atoms with van der Waals surface area (Å²) < 4.78 is 13.8. The van der Waals surface area contributed by atoms with E-state index in [-0.39, 0.29) is 5.82 Å². The molecule has 0 aliphatic heterocycles. The number of nitrogens with one attached hydrogen (secondary N) is 2. The van der Waals surface area contributed by atoms with Crippen molar-refractivity contribution >= 4 is 33.3 Å². The molecule has 0 aliphatic carbocycles. The Labute approximate surface area is 126 Å². The first kappa shape index (κ1) is 14.7. The van der Waals surface area contributed by atoms with Gasteiger partial charge in [0.1, 0.15) is 23.3 Å². The number of benzene rings is 1. The average molecular weight is 339 g/mol. The van der Waals surface area contributed by atoms with E-state index in [4.69, 9.17) is 0 Å². The first-order chi connectivity index (χ1) is 9.53. The van der Waals surface area contributed by atoms with Crippen molar-refractivity contribution in [3.05, 3.63) is 39.9 Å². The molecule has 0 radical (unpaired) electrons. The van der Waals surface area contributed by atoms with Crippen LogP contribution in [0.5, 0.6) is 0 Å². The fourth-order valence-electron chi connectivity index (χ4n) is 1.77. The second-order valence-corrected chi connectivity index (χ2v) is 5.22. The van der Waals surface area contributed by atoms with Crippen LogP contribution in [0.1, 0.15) is 18.3 Å². The van der Waals surface area contributed by atoms with Crippen LogP contribution in [-0.4, -0.2) is 17.0 Å². The van der Waals surface area contributed by atoms with Crippen molar-refractivity contribution in [3.8, 4) is 0 Å². The van der Waals surface area contributed by atoms with Gasteiger partial charge in [-0.15, -0.1) is 0 Å². The zero-order valence-electron chi connectivity index (χ0n) is 11.6. The number of aromatic nitrogens is 2. The molecule has 0 saturated heterocycles. The summed E-state index contributed by atoms with van der Waals surface area (Å²) in [6.45, 7) is 3.84. The summed E-state index contributed by atoms with van der Waals surface area (Å²) >= 11 is 3.19. The lowest BCUT2D eigenvalue weighted by Crippen LogP contribution is -2.04. The molecule has 2 aromatic rings. The minimum atomic E-state index is -0.277. The van der Waals surface area contributed by atoms with Gasteiger partial charge in [0, 0.05) is 25.2 Å². The van der Waals surface area contributed by atoms with E-state index in [0.717, 1.165) is 29.3 Å². The molecule has 4 nitrogen and oxygen atoms in total. The third kappa shape index (κ3) is 3.25. The predicted molar refractivity (Wildman–Crippen MR) is 83.1 cm³/mol. The second-order valence-electron chi connectivity index (χ2n) is 4.36. The number of hydrogen-bond acceptors (Lipinski definition) is 4. The third-order valence-corrected chi connectivity index (χ3v) is 3.48. The fourth-order valence-corrected chi connectivity index (χ4v) is 2.11. The molecular weight excluding hydrogens is 323 g/mol. The second kappa shape index (κ2) is 6.17. The van der Waals surface area contributed by atoms with Crippen LogP contribution in [0.4, 0.5) is 21.7 Å². The lowest BCUT2D eigenvalue weighted by Gasteiger charge is -2.12. The van der Waals surface area contributed by atoms with Crippen molar-refractivity contribution in [1.29, 1.82) is 0 Å². The highest BCUT2D eigenvalue weighted by Crippen LogP contribution is 2.27. The maximum absolute atomic E-state index is 13.4. The highest BCUT2D eigenvalue weighted by molar-refractivity contribution is 9.10. The summed E-state index contributed by atoms with van der Waals surface area (Å²) in [4.78, 5) is 8.75.